The third-order valence-corrected chi connectivity index (χ3v) is 5.24. The van der Waals surface area contributed by atoms with E-state index in [1.54, 1.807) is 7.11 Å². The molecule has 1 fully saturated rings. The minimum Gasteiger partial charge on any atom is -0.497 e. The zero-order chi connectivity index (χ0) is 17.8. The topological polar surface area (TPSA) is 32.8 Å². The average molecular weight is 340 g/mol. The average Bonchev–Trinajstić information content (AvgIpc) is 2.63. The number of methoxy groups -OCH3 is 1. The number of hydrogen-bond donors (Lipinski definition) is 0. The molecule has 0 aromatic heterocycles. The molecule has 4 heteroatoms. The van der Waals surface area contributed by atoms with Gasteiger partial charge in [-0.15, -0.1) is 0 Å². The largest absolute Gasteiger partial charge is 0.497 e. The molecule has 0 saturated carbocycles. The maximum absolute atomic E-state index is 12.6. The number of piperidine rings is 1. The minimum atomic E-state index is 0.198. The molecule has 0 N–H and O–H groups in total. The molecular formula is C21H28N2O2. The van der Waals surface area contributed by atoms with Crippen LogP contribution >= 0.6 is 0 Å². The first-order valence-corrected chi connectivity index (χ1v) is 9.11. The molecule has 0 spiro atoms. The number of rotatable bonds is 5. The minimum absolute atomic E-state index is 0.198. The number of benzene rings is 2. The van der Waals surface area contributed by atoms with Crippen LogP contribution in [0, 0.1) is 0 Å². The highest BCUT2D eigenvalue weighted by molar-refractivity contribution is 5.84. The van der Waals surface area contributed by atoms with Gasteiger partial charge in [0.2, 0.25) is 5.91 Å². The molecule has 134 valence electrons. The second-order valence-corrected chi connectivity index (χ2v) is 7.11. The normalized spacial score (nSPS) is 18.3. The first-order valence-electron chi connectivity index (χ1n) is 9.11. The quantitative estimate of drug-likeness (QED) is 0.832. The summed E-state index contributed by atoms with van der Waals surface area (Å²) in [6, 6.07) is 12.9. The van der Waals surface area contributed by atoms with Gasteiger partial charge >= 0.3 is 0 Å². The van der Waals surface area contributed by atoms with Gasteiger partial charge in [-0.3, -0.25) is 9.69 Å². The van der Waals surface area contributed by atoms with Gasteiger partial charge in [0.25, 0.3) is 0 Å². The van der Waals surface area contributed by atoms with E-state index in [0.717, 1.165) is 23.2 Å². The van der Waals surface area contributed by atoms with Gasteiger partial charge in [-0.1, -0.05) is 24.6 Å². The number of likely N-dealkylation sites (N-methyl/N-ethyl adjacent to an activating group) is 1. The van der Waals surface area contributed by atoms with Crippen molar-refractivity contribution in [2.45, 2.75) is 38.8 Å². The second-order valence-electron chi connectivity index (χ2n) is 7.11. The Bertz CT molecular complexity index is 744. The van der Waals surface area contributed by atoms with Crippen molar-refractivity contribution in [3.8, 4) is 5.75 Å². The first-order chi connectivity index (χ1) is 12.1. The predicted octanol–water partition coefficient (Wildman–Crippen LogP) is 3.68. The van der Waals surface area contributed by atoms with Crippen LogP contribution in [0.3, 0.4) is 0 Å². The highest BCUT2D eigenvalue weighted by Crippen LogP contribution is 2.22. The van der Waals surface area contributed by atoms with Crippen molar-refractivity contribution in [2.24, 2.45) is 0 Å². The summed E-state index contributed by atoms with van der Waals surface area (Å²) in [5.41, 5.74) is 1.15. The Hall–Kier alpha value is -2.07. The molecule has 1 saturated heterocycles. The van der Waals surface area contributed by atoms with Crippen LogP contribution in [0.15, 0.2) is 36.4 Å². The Kier molecular flexibility index (Phi) is 5.59. The fourth-order valence-corrected chi connectivity index (χ4v) is 3.55. The Morgan fingerprint density at radius 2 is 1.96 bits per heavy atom. The maximum atomic E-state index is 12.6. The molecule has 0 aliphatic carbocycles. The fraction of sp³-hybridized carbons (Fsp3) is 0.476. The first kappa shape index (κ1) is 17.7. The molecule has 1 atom stereocenters. The molecule has 0 unspecified atom stereocenters. The van der Waals surface area contributed by atoms with Crippen molar-refractivity contribution < 1.29 is 9.53 Å². The summed E-state index contributed by atoms with van der Waals surface area (Å²) in [6.07, 6.45) is 3.68. The summed E-state index contributed by atoms with van der Waals surface area (Å²) in [6.45, 7) is 4.44. The van der Waals surface area contributed by atoms with Crippen molar-refractivity contribution in [2.75, 3.05) is 27.2 Å². The Labute approximate surface area is 150 Å². The van der Waals surface area contributed by atoms with E-state index in [4.69, 9.17) is 4.74 Å². The van der Waals surface area contributed by atoms with Gasteiger partial charge in [-0.25, -0.2) is 0 Å². The summed E-state index contributed by atoms with van der Waals surface area (Å²) in [5.74, 6) is 1.06. The lowest BCUT2D eigenvalue weighted by molar-refractivity contribution is -0.132. The zero-order valence-electron chi connectivity index (χ0n) is 15.5. The lowest BCUT2D eigenvalue weighted by atomic mass is 10.0. The van der Waals surface area contributed by atoms with Crippen LogP contribution < -0.4 is 4.74 Å². The fourth-order valence-electron chi connectivity index (χ4n) is 3.55. The molecule has 2 aromatic carbocycles. The van der Waals surface area contributed by atoms with E-state index in [2.05, 4.69) is 36.1 Å². The van der Waals surface area contributed by atoms with Crippen LogP contribution in [0.1, 0.15) is 31.7 Å². The number of hydrogen-bond acceptors (Lipinski definition) is 3. The van der Waals surface area contributed by atoms with Gasteiger partial charge in [-0.05, 0) is 60.8 Å². The maximum Gasteiger partial charge on any atom is 0.236 e. The molecule has 25 heavy (non-hydrogen) atoms. The SMILES string of the molecule is COc1ccc2cc(CN(C)C(=O)CN3CCCC[C@@H]3C)ccc2c1. The van der Waals surface area contributed by atoms with E-state index >= 15 is 0 Å². The van der Waals surface area contributed by atoms with E-state index in [1.807, 2.05) is 24.1 Å². The van der Waals surface area contributed by atoms with Crippen LogP contribution in [0.25, 0.3) is 10.8 Å². The van der Waals surface area contributed by atoms with Gasteiger partial charge in [0, 0.05) is 19.6 Å². The van der Waals surface area contributed by atoms with Crippen molar-refractivity contribution >= 4 is 16.7 Å². The van der Waals surface area contributed by atoms with Gasteiger partial charge in [0.1, 0.15) is 5.75 Å². The number of carbonyl (C=O) groups is 1. The second kappa shape index (κ2) is 7.87. The predicted molar refractivity (Wildman–Crippen MR) is 102 cm³/mol. The van der Waals surface area contributed by atoms with Crippen molar-refractivity contribution in [1.82, 2.24) is 9.80 Å². The molecule has 2 aromatic rings. The monoisotopic (exact) mass is 340 g/mol. The van der Waals surface area contributed by atoms with Crippen molar-refractivity contribution in [3.05, 3.63) is 42.0 Å². The number of ether oxygens (including phenoxy) is 1. The standard InChI is InChI=1S/C21H28N2O2/c1-16-6-4-5-11-23(16)15-21(24)22(2)14-17-7-8-19-13-20(25-3)10-9-18(19)12-17/h7-10,12-13,16H,4-6,11,14-15H2,1-3H3/t16-/m0/s1. The summed E-state index contributed by atoms with van der Waals surface area (Å²) in [7, 11) is 3.58. The van der Waals surface area contributed by atoms with E-state index in [-0.39, 0.29) is 5.91 Å². The number of carbonyl (C=O) groups excluding carboxylic acids is 1. The Balaban J connectivity index is 1.64. The molecule has 1 aliphatic heterocycles. The van der Waals surface area contributed by atoms with E-state index in [1.165, 1.54) is 24.6 Å². The number of nitrogens with zero attached hydrogens (tertiary/aromatic N) is 2. The summed E-state index contributed by atoms with van der Waals surface area (Å²) in [4.78, 5) is 16.7. The van der Waals surface area contributed by atoms with Crippen molar-refractivity contribution in [1.29, 1.82) is 0 Å². The molecule has 4 nitrogen and oxygen atoms in total. The zero-order valence-corrected chi connectivity index (χ0v) is 15.5. The molecule has 1 aliphatic rings. The lowest BCUT2D eigenvalue weighted by Gasteiger charge is -2.33. The van der Waals surface area contributed by atoms with E-state index in [0.29, 0.717) is 19.1 Å². The smallest absolute Gasteiger partial charge is 0.236 e. The summed E-state index contributed by atoms with van der Waals surface area (Å²) < 4.78 is 5.27. The van der Waals surface area contributed by atoms with Crippen LogP contribution in [0.4, 0.5) is 0 Å². The molecular weight excluding hydrogens is 312 g/mol. The van der Waals surface area contributed by atoms with Crippen LogP contribution in [-0.4, -0.2) is 49.0 Å². The van der Waals surface area contributed by atoms with Crippen molar-refractivity contribution in [3.63, 3.8) is 0 Å². The van der Waals surface area contributed by atoms with Gasteiger partial charge in [-0.2, -0.15) is 0 Å². The lowest BCUT2D eigenvalue weighted by Crippen LogP contribution is -2.44. The molecule has 3 rings (SSSR count). The molecule has 0 bridgehead atoms. The Morgan fingerprint density at radius 1 is 1.20 bits per heavy atom. The number of amides is 1. The van der Waals surface area contributed by atoms with Crippen LogP contribution in [0.5, 0.6) is 5.75 Å². The van der Waals surface area contributed by atoms with Crippen LogP contribution in [0.2, 0.25) is 0 Å². The third-order valence-electron chi connectivity index (χ3n) is 5.24. The summed E-state index contributed by atoms with van der Waals surface area (Å²) in [5, 5.41) is 2.32. The highest BCUT2D eigenvalue weighted by Gasteiger charge is 2.22. The van der Waals surface area contributed by atoms with E-state index < -0.39 is 0 Å². The molecule has 0 radical (unpaired) electrons. The van der Waals surface area contributed by atoms with E-state index in [9.17, 15) is 4.79 Å². The van der Waals surface area contributed by atoms with Crippen LogP contribution in [-0.2, 0) is 11.3 Å². The highest BCUT2D eigenvalue weighted by atomic mass is 16.5. The van der Waals surface area contributed by atoms with Gasteiger partial charge in [0.05, 0.1) is 13.7 Å². The molecule has 1 amide bonds. The van der Waals surface area contributed by atoms with Gasteiger partial charge < -0.3 is 9.64 Å². The van der Waals surface area contributed by atoms with Gasteiger partial charge in [0.15, 0.2) is 0 Å². The molecule has 1 heterocycles. The Morgan fingerprint density at radius 3 is 2.72 bits per heavy atom. The number of likely N-dealkylation sites (tertiary alicyclic amines) is 1. The number of fused-ring (bicyclic) bond motifs is 1. The third kappa shape index (κ3) is 4.31. The summed E-state index contributed by atoms with van der Waals surface area (Å²) >= 11 is 0.